The molecule has 6 heteroatoms. The molecule has 2 atom stereocenters. The number of nitrogens with zero attached hydrogens (tertiary/aromatic N) is 1. The normalized spacial score (nSPS) is 16.4. The average molecular weight is 693 g/mol. The molecule has 3 N–H and O–H groups in total. The highest BCUT2D eigenvalue weighted by atomic mass is 32.1. The lowest BCUT2D eigenvalue weighted by atomic mass is 9.97. The van der Waals surface area contributed by atoms with Crippen molar-refractivity contribution in [3.05, 3.63) is 168 Å². The average Bonchev–Trinajstić information content (AvgIpc) is 3.89. The summed E-state index contributed by atoms with van der Waals surface area (Å²) in [7, 11) is 0. The Bertz CT molecular complexity index is 3010. The number of quaternary nitrogens is 1. The van der Waals surface area contributed by atoms with Gasteiger partial charge < -0.3 is 9.73 Å². The zero-order valence-corrected chi connectivity index (χ0v) is 29.0. The second kappa shape index (κ2) is 11.4. The van der Waals surface area contributed by atoms with Crippen molar-refractivity contribution in [1.29, 1.82) is 0 Å². The van der Waals surface area contributed by atoms with Gasteiger partial charge in [-0.05, 0) is 48.0 Å². The number of hydrogen-bond acceptors (Lipinski definition) is 5. The lowest BCUT2D eigenvalue weighted by Gasteiger charge is -2.29. The lowest BCUT2D eigenvalue weighted by Crippen LogP contribution is -2.90. The minimum Gasteiger partial charge on any atom is -0.455 e. The molecule has 0 saturated heterocycles. The molecule has 51 heavy (non-hydrogen) atoms. The lowest BCUT2D eigenvalue weighted by molar-refractivity contribution is -0.739. The molecule has 0 amide bonds. The third-order valence-electron chi connectivity index (χ3n) is 10.3. The van der Waals surface area contributed by atoms with Crippen LogP contribution in [0.25, 0.3) is 73.4 Å². The summed E-state index contributed by atoms with van der Waals surface area (Å²) in [5.41, 5.74) is 7.73. The molecule has 4 heterocycles. The molecule has 1 aliphatic heterocycles. The van der Waals surface area contributed by atoms with E-state index in [-0.39, 0.29) is 12.3 Å². The predicted octanol–water partition coefficient (Wildman–Crippen LogP) is 11.3. The summed E-state index contributed by atoms with van der Waals surface area (Å²) in [6, 6.07) is 54.5. The molecule has 3 aromatic heterocycles. The van der Waals surface area contributed by atoms with Gasteiger partial charge in [0.15, 0.2) is 6.17 Å². The van der Waals surface area contributed by atoms with Crippen LogP contribution in [0.4, 0.5) is 0 Å². The number of thiophene rings is 2. The Morgan fingerprint density at radius 3 is 2.24 bits per heavy atom. The summed E-state index contributed by atoms with van der Waals surface area (Å²) in [5, 5.41) is 13.6. The van der Waals surface area contributed by atoms with E-state index in [1.165, 1.54) is 57.0 Å². The highest BCUT2D eigenvalue weighted by molar-refractivity contribution is 7.26. The van der Waals surface area contributed by atoms with Gasteiger partial charge in [0.2, 0.25) is 6.17 Å². The molecular formula is C45H30N3OS2+. The number of amidine groups is 1. The van der Waals surface area contributed by atoms with Crippen LogP contribution in [0.15, 0.2) is 161 Å². The van der Waals surface area contributed by atoms with Crippen LogP contribution in [0.2, 0.25) is 0 Å². The quantitative estimate of drug-likeness (QED) is 0.193. The van der Waals surface area contributed by atoms with E-state index in [0.717, 1.165) is 38.9 Å². The van der Waals surface area contributed by atoms with Gasteiger partial charge in [-0.3, -0.25) is 5.32 Å². The van der Waals surface area contributed by atoms with Gasteiger partial charge in [-0.25, -0.2) is 4.99 Å². The fraction of sp³-hybridized carbons (Fsp3) is 0.0444. The Morgan fingerprint density at radius 1 is 0.569 bits per heavy atom. The van der Waals surface area contributed by atoms with Gasteiger partial charge in [0.25, 0.3) is 0 Å². The molecular weight excluding hydrogens is 663 g/mol. The number of nitrogens with two attached hydrogens (primary N) is 1. The summed E-state index contributed by atoms with van der Waals surface area (Å²) >= 11 is 3.75. The topological polar surface area (TPSA) is 54.1 Å². The van der Waals surface area contributed by atoms with Crippen LogP contribution in [-0.2, 0) is 0 Å². The van der Waals surface area contributed by atoms with E-state index >= 15 is 0 Å². The van der Waals surface area contributed by atoms with Crippen molar-refractivity contribution in [1.82, 2.24) is 5.32 Å². The summed E-state index contributed by atoms with van der Waals surface area (Å²) < 4.78 is 11.7. The molecule has 0 spiro atoms. The van der Waals surface area contributed by atoms with Crippen molar-refractivity contribution in [2.75, 3.05) is 0 Å². The fourth-order valence-corrected chi connectivity index (χ4v) is 10.3. The minimum atomic E-state index is -0.122. The first-order valence-corrected chi connectivity index (χ1v) is 18.9. The first-order chi connectivity index (χ1) is 25.3. The number of fused-ring (bicyclic) bond motifs is 9. The van der Waals surface area contributed by atoms with Crippen LogP contribution >= 0.6 is 22.7 Å². The first kappa shape index (κ1) is 29.0. The zero-order chi connectivity index (χ0) is 33.5. The molecule has 7 aromatic carbocycles. The van der Waals surface area contributed by atoms with E-state index in [1.807, 2.05) is 34.8 Å². The summed E-state index contributed by atoms with van der Waals surface area (Å²) in [4.78, 5) is 5.36. The second-order valence-corrected chi connectivity index (χ2v) is 15.4. The third-order valence-corrected chi connectivity index (χ3v) is 12.7. The monoisotopic (exact) mass is 692 g/mol. The van der Waals surface area contributed by atoms with Crippen LogP contribution in [0.1, 0.15) is 29.0 Å². The van der Waals surface area contributed by atoms with Crippen molar-refractivity contribution in [2.24, 2.45) is 4.99 Å². The SMILES string of the molecule is c1ccc(C2N=C(c3ccc4sc5cccc(-c6cccc7c6sc6ccccc67)c5c4c3)NC(c3cccc4c3oc3ccccc34)[NH2+]2)cc1. The second-order valence-electron chi connectivity index (χ2n) is 13.2. The summed E-state index contributed by atoms with van der Waals surface area (Å²) in [6.45, 7) is 0. The maximum atomic E-state index is 6.52. The van der Waals surface area contributed by atoms with Crippen LogP contribution < -0.4 is 10.6 Å². The van der Waals surface area contributed by atoms with Crippen molar-refractivity contribution in [2.45, 2.75) is 12.3 Å². The van der Waals surface area contributed by atoms with Crippen molar-refractivity contribution in [3.63, 3.8) is 0 Å². The largest absolute Gasteiger partial charge is 0.455 e. The molecule has 0 saturated carbocycles. The maximum Gasteiger partial charge on any atom is 0.209 e. The molecule has 0 bridgehead atoms. The Hall–Kier alpha value is -5.79. The minimum absolute atomic E-state index is 0.108. The number of hydrogen-bond donors (Lipinski definition) is 2. The molecule has 242 valence electrons. The van der Waals surface area contributed by atoms with E-state index < -0.39 is 0 Å². The third kappa shape index (κ3) is 4.58. The smallest absolute Gasteiger partial charge is 0.209 e. The zero-order valence-electron chi connectivity index (χ0n) is 27.3. The molecule has 10 aromatic rings. The van der Waals surface area contributed by atoms with Crippen LogP contribution in [0.3, 0.4) is 0 Å². The van der Waals surface area contributed by atoms with Crippen LogP contribution in [0.5, 0.6) is 0 Å². The summed E-state index contributed by atoms with van der Waals surface area (Å²) in [6.07, 6.45) is -0.230. The van der Waals surface area contributed by atoms with E-state index in [2.05, 4.69) is 150 Å². The van der Waals surface area contributed by atoms with Gasteiger partial charge in [0.05, 0.1) is 5.56 Å². The highest BCUT2D eigenvalue weighted by Crippen LogP contribution is 2.45. The number of benzene rings is 7. The van der Waals surface area contributed by atoms with Crippen molar-refractivity contribution in [3.8, 4) is 11.1 Å². The van der Waals surface area contributed by atoms with E-state index in [0.29, 0.717) is 0 Å². The number of aliphatic imine (C=N–C) groups is 1. The maximum absolute atomic E-state index is 6.52. The van der Waals surface area contributed by atoms with Gasteiger partial charge in [-0.15, -0.1) is 22.7 Å². The van der Waals surface area contributed by atoms with Gasteiger partial charge in [0.1, 0.15) is 17.0 Å². The van der Waals surface area contributed by atoms with E-state index in [1.54, 1.807) is 0 Å². The number of nitrogens with one attached hydrogen (secondary N) is 1. The predicted molar refractivity (Wildman–Crippen MR) is 215 cm³/mol. The van der Waals surface area contributed by atoms with Crippen molar-refractivity contribution < 1.29 is 9.73 Å². The Balaban J connectivity index is 1.08. The van der Waals surface area contributed by atoms with E-state index in [4.69, 9.17) is 9.41 Å². The molecule has 11 rings (SSSR count). The Kier molecular flexibility index (Phi) is 6.46. The Morgan fingerprint density at radius 2 is 1.29 bits per heavy atom. The first-order valence-electron chi connectivity index (χ1n) is 17.3. The number of furan rings is 1. The van der Waals surface area contributed by atoms with E-state index in [9.17, 15) is 0 Å². The fourth-order valence-electron chi connectivity index (χ4n) is 7.94. The molecule has 0 aliphatic carbocycles. The molecule has 1 aliphatic rings. The van der Waals surface area contributed by atoms with Crippen molar-refractivity contribution >= 4 is 90.8 Å². The molecule has 0 fully saturated rings. The van der Waals surface area contributed by atoms with Gasteiger partial charge >= 0.3 is 0 Å². The Labute approximate surface area is 301 Å². The van der Waals surface area contributed by atoms with Gasteiger partial charge in [-0.2, -0.15) is 0 Å². The number of rotatable bonds is 4. The molecule has 4 nitrogen and oxygen atoms in total. The van der Waals surface area contributed by atoms with Gasteiger partial charge in [0, 0.05) is 67.8 Å². The van der Waals surface area contributed by atoms with Crippen LogP contribution in [0, 0.1) is 0 Å². The molecule has 0 radical (unpaired) electrons. The summed E-state index contributed by atoms with van der Waals surface area (Å²) in [5.74, 6) is 0.884. The number of para-hydroxylation sites is 2. The highest BCUT2D eigenvalue weighted by Gasteiger charge is 2.31. The standard InChI is InChI=1S/C45H29N3OS2/c1-2-11-26(12-3-1)43-46-44(48-45(47-43)34-19-8-16-31-28-13-4-6-20-36(28)49-41(31)34)27-23-24-38-35(25-27)40-30(15-10-22-39(40)50-38)33-18-9-17-32-29-14-5-7-21-37(29)51-42(32)33/h1-25,43,45,47H,(H,46,48)/p+1. The molecule has 2 unspecified atom stereocenters. The van der Waals surface area contributed by atoms with Gasteiger partial charge in [-0.1, -0.05) is 109 Å². The van der Waals surface area contributed by atoms with Crippen LogP contribution in [-0.4, -0.2) is 5.84 Å².